The Morgan fingerprint density at radius 1 is 1.20 bits per heavy atom. The topological polar surface area (TPSA) is 0 Å². The Balaban J connectivity index is 2.10. The van der Waals surface area contributed by atoms with Crippen LogP contribution in [0.1, 0.15) is 24.0 Å². The van der Waals surface area contributed by atoms with Gasteiger partial charge in [-0.15, -0.1) is 23.5 Å². The summed E-state index contributed by atoms with van der Waals surface area (Å²) in [5, 5.41) is 0. The van der Waals surface area contributed by atoms with Crippen molar-refractivity contribution in [1.82, 2.24) is 0 Å². The Morgan fingerprint density at radius 3 is 2.80 bits per heavy atom. The van der Waals surface area contributed by atoms with Crippen molar-refractivity contribution in [3.63, 3.8) is 0 Å². The van der Waals surface area contributed by atoms with Crippen LogP contribution in [-0.4, -0.2) is 11.5 Å². The summed E-state index contributed by atoms with van der Waals surface area (Å²) in [5.41, 5.74) is 3.17. The number of hydrogen-bond acceptors (Lipinski definition) is 2. The Morgan fingerprint density at radius 2 is 2.00 bits per heavy atom. The van der Waals surface area contributed by atoms with Gasteiger partial charge in [-0.2, -0.15) is 0 Å². The van der Waals surface area contributed by atoms with Gasteiger partial charge in [0.25, 0.3) is 0 Å². The molecule has 0 bridgehead atoms. The van der Waals surface area contributed by atoms with Gasteiger partial charge in [0.2, 0.25) is 0 Å². The molecule has 1 aliphatic heterocycles. The first-order chi connectivity index (χ1) is 7.30. The van der Waals surface area contributed by atoms with Gasteiger partial charge in [0.05, 0.1) is 4.08 Å². The third-order valence-electron chi connectivity index (χ3n) is 3.18. The van der Waals surface area contributed by atoms with Crippen LogP contribution in [0.5, 0.6) is 0 Å². The van der Waals surface area contributed by atoms with Gasteiger partial charge in [-0.25, -0.2) is 0 Å². The molecule has 0 N–H and O–H groups in total. The van der Waals surface area contributed by atoms with E-state index in [2.05, 4.69) is 57.7 Å². The molecule has 1 fully saturated rings. The van der Waals surface area contributed by atoms with Crippen molar-refractivity contribution in [1.29, 1.82) is 0 Å². The molecule has 1 saturated heterocycles. The van der Waals surface area contributed by atoms with Crippen LogP contribution in [0.2, 0.25) is 0 Å². The number of rotatable bonds is 0. The van der Waals surface area contributed by atoms with Crippen LogP contribution < -0.4 is 0 Å². The van der Waals surface area contributed by atoms with Gasteiger partial charge in [-0.05, 0) is 42.5 Å². The van der Waals surface area contributed by atoms with Gasteiger partial charge >= 0.3 is 0 Å². The van der Waals surface area contributed by atoms with E-state index in [9.17, 15) is 0 Å². The molecule has 1 heterocycles. The Labute approximate surface area is 108 Å². The molecule has 0 amide bonds. The molecule has 0 radical (unpaired) electrons. The first kappa shape index (κ1) is 10.5. The van der Waals surface area contributed by atoms with Crippen LogP contribution in [0.3, 0.4) is 0 Å². The quantitative estimate of drug-likeness (QED) is 0.696. The highest BCUT2D eigenvalue weighted by molar-refractivity contribution is 9.10. The minimum absolute atomic E-state index is 0.411. The molecule has 3 rings (SSSR count). The number of hydrogen-bond donors (Lipinski definition) is 0. The summed E-state index contributed by atoms with van der Waals surface area (Å²) in [4.78, 5) is 0. The fraction of sp³-hybridized carbons (Fsp3) is 0.500. The fourth-order valence-electron chi connectivity index (χ4n) is 2.54. The lowest BCUT2D eigenvalue weighted by molar-refractivity contribution is 0.643. The first-order valence-corrected chi connectivity index (χ1v) is 8.13. The lowest BCUT2D eigenvalue weighted by Crippen LogP contribution is -2.21. The Kier molecular flexibility index (Phi) is 2.82. The molecule has 80 valence electrons. The molecule has 1 aromatic rings. The maximum atomic E-state index is 3.57. The van der Waals surface area contributed by atoms with Crippen LogP contribution in [0, 0.1) is 0 Å². The van der Waals surface area contributed by atoms with Gasteiger partial charge in [-0.3, -0.25) is 0 Å². The van der Waals surface area contributed by atoms with Gasteiger partial charge < -0.3 is 0 Å². The van der Waals surface area contributed by atoms with E-state index >= 15 is 0 Å². The van der Waals surface area contributed by atoms with E-state index < -0.39 is 0 Å². The van der Waals surface area contributed by atoms with Gasteiger partial charge in [0.15, 0.2) is 0 Å². The molecule has 3 heteroatoms. The van der Waals surface area contributed by atoms with E-state index in [4.69, 9.17) is 0 Å². The highest BCUT2D eigenvalue weighted by atomic mass is 79.9. The summed E-state index contributed by atoms with van der Waals surface area (Å²) in [7, 11) is 0. The van der Waals surface area contributed by atoms with Gasteiger partial charge in [0, 0.05) is 16.0 Å². The molecule has 2 aliphatic rings. The van der Waals surface area contributed by atoms with Crippen molar-refractivity contribution in [2.45, 2.75) is 23.3 Å². The zero-order chi connectivity index (χ0) is 10.3. The SMILES string of the molecule is Brc1ccc2c(c1)CCCC21SCCS1. The van der Waals surface area contributed by atoms with E-state index in [-0.39, 0.29) is 0 Å². The number of thioether (sulfide) groups is 2. The van der Waals surface area contributed by atoms with Crippen molar-refractivity contribution in [2.24, 2.45) is 0 Å². The zero-order valence-electron chi connectivity index (χ0n) is 8.46. The molecule has 15 heavy (non-hydrogen) atoms. The molecule has 0 atom stereocenters. The predicted octanol–water partition coefficient (Wildman–Crippen LogP) is 4.42. The van der Waals surface area contributed by atoms with Crippen LogP contribution >= 0.6 is 39.5 Å². The molecule has 0 aromatic heterocycles. The summed E-state index contributed by atoms with van der Waals surface area (Å²) in [6.07, 6.45) is 3.97. The highest BCUT2D eigenvalue weighted by Crippen LogP contribution is 2.57. The Bertz CT molecular complexity index is 383. The molecular formula is C12H13BrS2. The second-order valence-corrected chi connectivity index (χ2v) is 8.07. The monoisotopic (exact) mass is 300 g/mol. The second kappa shape index (κ2) is 4.01. The van der Waals surface area contributed by atoms with E-state index in [1.54, 1.807) is 11.1 Å². The minimum atomic E-state index is 0.411. The summed E-state index contributed by atoms with van der Waals surface area (Å²) in [6, 6.07) is 6.85. The van der Waals surface area contributed by atoms with Crippen molar-refractivity contribution in [3.05, 3.63) is 33.8 Å². The first-order valence-electron chi connectivity index (χ1n) is 5.37. The van der Waals surface area contributed by atoms with E-state index in [0.29, 0.717) is 4.08 Å². The number of fused-ring (bicyclic) bond motifs is 2. The smallest absolute Gasteiger partial charge is 0.0863 e. The number of benzene rings is 1. The summed E-state index contributed by atoms with van der Waals surface area (Å²) < 4.78 is 1.64. The number of halogens is 1. The van der Waals surface area contributed by atoms with Crippen LogP contribution in [-0.2, 0) is 10.5 Å². The standard InChI is InChI=1S/C12H13BrS2/c13-10-3-4-11-9(8-10)2-1-5-12(11)14-6-7-15-12/h3-4,8H,1-2,5-7H2. The molecular weight excluding hydrogens is 288 g/mol. The zero-order valence-corrected chi connectivity index (χ0v) is 11.7. The lowest BCUT2D eigenvalue weighted by atomic mass is 9.91. The number of aryl methyl sites for hydroxylation is 1. The fourth-order valence-corrected chi connectivity index (χ4v) is 6.40. The third-order valence-corrected chi connectivity index (χ3v) is 7.24. The molecule has 1 spiro atoms. The average Bonchev–Trinajstić information content (AvgIpc) is 2.67. The van der Waals surface area contributed by atoms with E-state index in [0.717, 1.165) is 0 Å². The normalized spacial score (nSPS) is 23.0. The van der Waals surface area contributed by atoms with Crippen molar-refractivity contribution in [3.8, 4) is 0 Å². The third kappa shape index (κ3) is 1.77. The van der Waals surface area contributed by atoms with E-state index in [1.807, 2.05) is 0 Å². The molecule has 0 unspecified atom stereocenters. The van der Waals surface area contributed by atoms with Gasteiger partial charge in [0.1, 0.15) is 0 Å². The van der Waals surface area contributed by atoms with Crippen molar-refractivity contribution < 1.29 is 0 Å². The van der Waals surface area contributed by atoms with Crippen molar-refractivity contribution in [2.75, 3.05) is 11.5 Å². The Hall–Kier alpha value is 0.400. The highest BCUT2D eigenvalue weighted by Gasteiger charge is 2.40. The molecule has 1 aliphatic carbocycles. The summed E-state index contributed by atoms with van der Waals surface area (Å²) in [5.74, 6) is 2.64. The predicted molar refractivity (Wildman–Crippen MR) is 73.7 cm³/mol. The minimum Gasteiger partial charge on any atom is -0.139 e. The lowest BCUT2D eigenvalue weighted by Gasteiger charge is -2.34. The van der Waals surface area contributed by atoms with Crippen LogP contribution in [0.15, 0.2) is 22.7 Å². The summed E-state index contributed by atoms with van der Waals surface area (Å²) >= 11 is 7.90. The van der Waals surface area contributed by atoms with Crippen LogP contribution in [0.25, 0.3) is 0 Å². The molecule has 1 aromatic carbocycles. The second-order valence-electron chi connectivity index (χ2n) is 4.10. The largest absolute Gasteiger partial charge is 0.139 e. The van der Waals surface area contributed by atoms with Crippen molar-refractivity contribution >= 4 is 39.5 Å². The van der Waals surface area contributed by atoms with Crippen LogP contribution in [0.4, 0.5) is 0 Å². The maximum absolute atomic E-state index is 3.57. The molecule has 0 nitrogen and oxygen atoms in total. The molecule has 0 saturated carbocycles. The van der Waals surface area contributed by atoms with E-state index in [1.165, 1.54) is 35.2 Å². The summed E-state index contributed by atoms with van der Waals surface area (Å²) in [6.45, 7) is 0. The van der Waals surface area contributed by atoms with Gasteiger partial charge in [-0.1, -0.05) is 22.0 Å². The average molecular weight is 301 g/mol. The maximum Gasteiger partial charge on any atom is 0.0863 e.